The molecule has 0 bridgehead atoms. The van der Waals surface area contributed by atoms with Crippen LogP contribution in [0.25, 0.3) is 10.8 Å². The van der Waals surface area contributed by atoms with E-state index in [9.17, 15) is 4.79 Å². The molecule has 0 aliphatic carbocycles. The maximum absolute atomic E-state index is 12.4. The monoisotopic (exact) mass is 340 g/mol. The summed E-state index contributed by atoms with van der Waals surface area (Å²) in [6, 6.07) is 14.4. The van der Waals surface area contributed by atoms with Crippen molar-refractivity contribution in [3.8, 4) is 0 Å². The van der Waals surface area contributed by atoms with Crippen LogP contribution in [0.3, 0.4) is 0 Å². The second kappa shape index (κ2) is 7.45. The molecule has 0 fully saturated rings. The quantitative estimate of drug-likeness (QED) is 0.699. The average Bonchev–Trinajstić information content (AvgIpc) is 2.51. The molecule has 0 spiro atoms. The standard InChI is InChI=1S/C20H20N2O.ClH/c1-14-10-15(2)20(16(3)11-14)21-19(23)13-22-9-8-17-6-4-5-7-18(17)12-22;/h4-12H,13H2,1-3H3;1H. The number of hydrogen-bond donors (Lipinski definition) is 1. The van der Waals surface area contributed by atoms with E-state index in [0.717, 1.165) is 22.2 Å². The third-order valence-corrected chi connectivity index (χ3v) is 4.01. The van der Waals surface area contributed by atoms with Crippen molar-refractivity contribution in [1.82, 2.24) is 0 Å². The number of aryl methyl sites for hydroxylation is 3. The fraction of sp³-hybridized carbons (Fsp3) is 0.200. The highest BCUT2D eigenvalue weighted by atomic mass is 35.5. The summed E-state index contributed by atoms with van der Waals surface area (Å²) in [4.78, 5) is 12.4. The first-order chi connectivity index (χ1) is 11.0. The lowest BCUT2D eigenvalue weighted by Gasteiger charge is -2.11. The Kier molecular flexibility index (Phi) is 5.58. The lowest BCUT2D eigenvalue weighted by atomic mass is 10.1. The van der Waals surface area contributed by atoms with Crippen LogP contribution in [0.5, 0.6) is 0 Å². The van der Waals surface area contributed by atoms with Crippen molar-refractivity contribution in [2.45, 2.75) is 27.3 Å². The van der Waals surface area contributed by atoms with E-state index in [2.05, 4.69) is 36.5 Å². The Hall–Kier alpha value is -2.39. The Bertz CT molecular complexity index is 867. The summed E-state index contributed by atoms with van der Waals surface area (Å²) in [5, 5.41) is 5.35. The molecule has 2 aromatic carbocycles. The van der Waals surface area contributed by atoms with Crippen molar-refractivity contribution in [1.29, 1.82) is 0 Å². The van der Waals surface area contributed by atoms with Gasteiger partial charge in [-0.2, -0.15) is 4.57 Å². The number of aromatic nitrogens is 1. The Labute approximate surface area is 148 Å². The maximum Gasteiger partial charge on any atom is 0.290 e. The second-order valence-electron chi connectivity index (χ2n) is 6.07. The predicted molar refractivity (Wildman–Crippen MR) is 93.4 cm³/mol. The summed E-state index contributed by atoms with van der Waals surface area (Å²) in [5.74, 6) is -0.0136. The number of rotatable bonds is 3. The van der Waals surface area contributed by atoms with Gasteiger partial charge in [-0.15, -0.1) is 0 Å². The van der Waals surface area contributed by atoms with Gasteiger partial charge in [-0.1, -0.05) is 35.9 Å². The molecule has 4 heteroatoms. The van der Waals surface area contributed by atoms with Gasteiger partial charge in [-0.3, -0.25) is 4.79 Å². The molecule has 0 aliphatic rings. The van der Waals surface area contributed by atoms with Crippen LogP contribution in [0.15, 0.2) is 54.9 Å². The second-order valence-corrected chi connectivity index (χ2v) is 6.07. The summed E-state index contributed by atoms with van der Waals surface area (Å²) in [7, 11) is 0. The van der Waals surface area contributed by atoms with E-state index in [1.807, 2.05) is 49.0 Å². The van der Waals surface area contributed by atoms with Gasteiger partial charge in [0.05, 0.1) is 0 Å². The molecule has 1 amide bonds. The number of hydrogen-bond acceptors (Lipinski definition) is 1. The van der Waals surface area contributed by atoms with E-state index in [1.165, 1.54) is 10.9 Å². The number of nitrogens with one attached hydrogen (secondary N) is 1. The lowest BCUT2D eigenvalue weighted by molar-refractivity contribution is -0.682. The van der Waals surface area contributed by atoms with Crippen LogP contribution in [0, 0.1) is 20.8 Å². The van der Waals surface area contributed by atoms with Gasteiger partial charge in [0, 0.05) is 17.1 Å². The van der Waals surface area contributed by atoms with Gasteiger partial charge in [0.2, 0.25) is 6.54 Å². The number of carbonyl (C=O) groups excluding carboxylic acids is 1. The van der Waals surface area contributed by atoms with Crippen LogP contribution in [-0.4, -0.2) is 5.91 Å². The third kappa shape index (κ3) is 3.92. The van der Waals surface area contributed by atoms with Crippen molar-refractivity contribution in [3.63, 3.8) is 0 Å². The van der Waals surface area contributed by atoms with Crippen molar-refractivity contribution < 1.29 is 21.8 Å². The zero-order valence-corrected chi connectivity index (χ0v) is 14.9. The maximum atomic E-state index is 12.4. The van der Waals surface area contributed by atoms with Gasteiger partial charge in [-0.25, -0.2) is 0 Å². The van der Waals surface area contributed by atoms with Crippen molar-refractivity contribution in [3.05, 3.63) is 71.5 Å². The fourth-order valence-electron chi connectivity index (χ4n) is 3.00. The first-order valence-corrected chi connectivity index (χ1v) is 7.78. The van der Waals surface area contributed by atoms with Crippen LogP contribution in [0.2, 0.25) is 0 Å². The van der Waals surface area contributed by atoms with Gasteiger partial charge in [0.1, 0.15) is 0 Å². The van der Waals surface area contributed by atoms with Crippen molar-refractivity contribution in [2.24, 2.45) is 0 Å². The van der Waals surface area contributed by atoms with Crippen molar-refractivity contribution in [2.75, 3.05) is 5.32 Å². The van der Waals surface area contributed by atoms with Gasteiger partial charge < -0.3 is 17.7 Å². The summed E-state index contributed by atoms with van der Waals surface area (Å²) in [5.41, 5.74) is 4.32. The number of halogens is 1. The molecule has 0 saturated carbocycles. The summed E-state index contributed by atoms with van der Waals surface area (Å²) >= 11 is 0. The van der Waals surface area contributed by atoms with E-state index in [4.69, 9.17) is 0 Å². The van der Waals surface area contributed by atoms with E-state index in [-0.39, 0.29) is 18.3 Å². The number of fused-ring (bicyclic) bond motifs is 1. The van der Waals surface area contributed by atoms with Gasteiger partial charge in [0.15, 0.2) is 12.4 Å². The highest BCUT2D eigenvalue weighted by Crippen LogP contribution is 2.21. The Balaban J connectivity index is 0.00000208. The highest BCUT2D eigenvalue weighted by molar-refractivity contribution is 5.91. The normalized spacial score (nSPS) is 10.3. The molecule has 0 atom stereocenters. The fourth-order valence-corrected chi connectivity index (χ4v) is 3.00. The largest absolute Gasteiger partial charge is 1.00 e. The molecule has 0 unspecified atom stereocenters. The first-order valence-electron chi connectivity index (χ1n) is 7.78. The molecule has 124 valence electrons. The van der Waals surface area contributed by atoms with Crippen LogP contribution in [-0.2, 0) is 11.3 Å². The van der Waals surface area contributed by atoms with Gasteiger partial charge in [0.25, 0.3) is 5.91 Å². The number of anilines is 1. The SMILES string of the molecule is Cc1cc(C)c(NC(=O)C[n+]2ccc3ccccc3c2)c(C)c1.[Cl-]. The van der Waals surface area contributed by atoms with E-state index in [0.29, 0.717) is 6.54 Å². The van der Waals surface area contributed by atoms with Crippen LogP contribution in [0.4, 0.5) is 5.69 Å². The summed E-state index contributed by atoms with van der Waals surface area (Å²) in [6.07, 6.45) is 3.94. The molecule has 1 heterocycles. The van der Waals surface area contributed by atoms with E-state index >= 15 is 0 Å². The zero-order chi connectivity index (χ0) is 16.4. The molecule has 3 rings (SSSR count). The van der Waals surface area contributed by atoms with Crippen LogP contribution in [0.1, 0.15) is 16.7 Å². The Morgan fingerprint density at radius 1 is 1.00 bits per heavy atom. The molecule has 1 N–H and O–H groups in total. The minimum absolute atomic E-state index is 0. The van der Waals surface area contributed by atoms with Crippen LogP contribution < -0.4 is 22.3 Å². The number of amides is 1. The number of carbonyl (C=O) groups is 1. The van der Waals surface area contributed by atoms with E-state index in [1.54, 1.807) is 0 Å². The highest BCUT2D eigenvalue weighted by Gasteiger charge is 2.13. The summed E-state index contributed by atoms with van der Waals surface area (Å²) in [6.45, 7) is 6.42. The number of pyridine rings is 1. The molecule has 0 aliphatic heterocycles. The smallest absolute Gasteiger partial charge is 0.290 e. The molecule has 1 aromatic heterocycles. The summed E-state index contributed by atoms with van der Waals surface area (Å²) < 4.78 is 1.91. The molecule has 3 aromatic rings. The Morgan fingerprint density at radius 2 is 1.62 bits per heavy atom. The lowest BCUT2D eigenvalue weighted by Crippen LogP contribution is -3.00. The third-order valence-electron chi connectivity index (χ3n) is 4.01. The van der Waals surface area contributed by atoms with E-state index < -0.39 is 0 Å². The molecule has 0 saturated heterocycles. The molecule has 0 radical (unpaired) electrons. The first kappa shape index (κ1) is 18.0. The minimum atomic E-state index is -0.0136. The topological polar surface area (TPSA) is 33.0 Å². The minimum Gasteiger partial charge on any atom is -1.00 e. The predicted octanol–water partition coefficient (Wildman–Crippen LogP) is 0.695. The van der Waals surface area contributed by atoms with Crippen LogP contribution >= 0.6 is 0 Å². The van der Waals surface area contributed by atoms with Gasteiger partial charge in [-0.05, 0) is 43.4 Å². The van der Waals surface area contributed by atoms with Gasteiger partial charge >= 0.3 is 0 Å². The van der Waals surface area contributed by atoms with Crippen molar-refractivity contribution >= 4 is 22.4 Å². The molecule has 3 nitrogen and oxygen atoms in total. The number of nitrogens with zero attached hydrogens (tertiary/aromatic N) is 1. The zero-order valence-electron chi connectivity index (χ0n) is 14.1. The molecular weight excluding hydrogens is 320 g/mol. The molecule has 24 heavy (non-hydrogen) atoms. The number of benzene rings is 2. The average molecular weight is 341 g/mol. The molecular formula is C20H21ClN2O. The Morgan fingerprint density at radius 3 is 2.29 bits per heavy atom.